The average Bonchev–Trinajstić information content (AvgIpc) is 3.12. The molecule has 3 heterocycles. The van der Waals surface area contributed by atoms with Crippen LogP contribution >= 0.6 is 15.9 Å². The molecule has 0 bridgehead atoms. The molecule has 5 atom stereocenters. The second kappa shape index (κ2) is 5.38. The molecule has 1 aromatic rings. The summed E-state index contributed by atoms with van der Waals surface area (Å²) in [4.78, 5) is 40.5. The van der Waals surface area contributed by atoms with E-state index in [9.17, 15) is 14.4 Å². The summed E-state index contributed by atoms with van der Waals surface area (Å²) in [5, 5.41) is 6.18. The first-order valence-corrected chi connectivity index (χ1v) is 9.38. The van der Waals surface area contributed by atoms with Gasteiger partial charge in [0.2, 0.25) is 17.7 Å². The van der Waals surface area contributed by atoms with Gasteiger partial charge in [0.1, 0.15) is 5.54 Å². The summed E-state index contributed by atoms with van der Waals surface area (Å²) in [5.41, 5.74) is 0.243. The number of benzene rings is 1. The number of fused-ring (bicyclic) bond motifs is 4. The van der Waals surface area contributed by atoms with Crippen LogP contribution < -0.4 is 10.6 Å². The minimum atomic E-state index is -1.18. The fourth-order valence-corrected chi connectivity index (χ4v) is 4.94. The van der Waals surface area contributed by atoms with Gasteiger partial charge in [-0.3, -0.25) is 24.6 Å². The van der Waals surface area contributed by atoms with Gasteiger partial charge in [-0.1, -0.05) is 22.9 Å². The Morgan fingerprint density at radius 3 is 2.68 bits per heavy atom. The number of likely N-dealkylation sites (tertiary alicyclic amines) is 1. The van der Waals surface area contributed by atoms with Crippen LogP contribution in [0.5, 0.6) is 0 Å². The van der Waals surface area contributed by atoms with Crippen molar-refractivity contribution in [1.82, 2.24) is 10.2 Å². The highest BCUT2D eigenvalue weighted by Gasteiger charge is 2.69. The Balaban J connectivity index is 1.89. The van der Waals surface area contributed by atoms with Crippen LogP contribution in [0.15, 0.2) is 22.7 Å². The molecule has 3 aliphatic heterocycles. The number of hydrogen-bond donors (Lipinski definition) is 2. The summed E-state index contributed by atoms with van der Waals surface area (Å²) in [7, 11) is 0. The molecule has 3 aliphatic rings. The van der Waals surface area contributed by atoms with Gasteiger partial charge in [-0.25, -0.2) is 0 Å². The Morgan fingerprint density at radius 1 is 1.28 bits per heavy atom. The molecule has 3 amide bonds. The molecule has 0 radical (unpaired) electrons. The van der Waals surface area contributed by atoms with Gasteiger partial charge in [0.05, 0.1) is 11.8 Å². The number of amides is 3. The van der Waals surface area contributed by atoms with E-state index in [0.29, 0.717) is 12.1 Å². The van der Waals surface area contributed by atoms with Crippen molar-refractivity contribution in [2.45, 2.75) is 44.8 Å². The molecule has 4 rings (SSSR count). The van der Waals surface area contributed by atoms with E-state index in [1.165, 1.54) is 4.90 Å². The number of rotatable bonds is 2. The number of hydrogen-bond acceptors (Lipinski definition) is 4. The monoisotopic (exact) mass is 405 g/mol. The van der Waals surface area contributed by atoms with E-state index in [1.807, 2.05) is 39.0 Å². The third-order valence-corrected chi connectivity index (χ3v) is 6.38. The highest BCUT2D eigenvalue weighted by atomic mass is 79.9. The number of nitrogens with one attached hydrogen (secondary N) is 2. The highest BCUT2D eigenvalue weighted by Crippen LogP contribution is 2.53. The molecule has 2 fully saturated rings. The number of carbonyl (C=O) groups excluding carboxylic acids is 3. The van der Waals surface area contributed by atoms with Gasteiger partial charge < -0.3 is 5.32 Å². The summed E-state index contributed by atoms with van der Waals surface area (Å²) in [6.07, 6.45) is 0.695. The van der Waals surface area contributed by atoms with Gasteiger partial charge in [0.15, 0.2) is 0 Å². The molecule has 2 saturated heterocycles. The fourth-order valence-electron chi connectivity index (χ4n) is 4.58. The van der Waals surface area contributed by atoms with Crippen molar-refractivity contribution in [1.29, 1.82) is 0 Å². The van der Waals surface area contributed by atoms with Crippen LogP contribution in [0, 0.1) is 11.8 Å². The minimum absolute atomic E-state index is 0.165. The molecular weight excluding hydrogens is 386 g/mol. The lowest BCUT2D eigenvalue weighted by atomic mass is 9.76. The third-order valence-electron chi connectivity index (χ3n) is 5.89. The SMILES string of the molecule is CCC(C)N1C(=O)[C@@H]2C(C)NC3(C(=O)Nc4ccc(Br)cc43)[C@@H]2C1=O. The number of carbonyl (C=O) groups is 3. The molecule has 6 nitrogen and oxygen atoms in total. The maximum absolute atomic E-state index is 13.2. The van der Waals surface area contributed by atoms with Crippen LogP contribution in [0.2, 0.25) is 0 Å². The van der Waals surface area contributed by atoms with Crippen LogP contribution in [0.3, 0.4) is 0 Å². The molecule has 1 aromatic carbocycles. The predicted molar refractivity (Wildman–Crippen MR) is 95.6 cm³/mol. The highest BCUT2D eigenvalue weighted by molar-refractivity contribution is 9.10. The summed E-state index contributed by atoms with van der Waals surface area (Å²) >= 11 is 3.45. The van der Waals surface area contributed by atoms with Crippen molar-refractivity contribution >= 4 is 39.3 Å². The van der Waals surface area contributed by atoms with Gasteiger partial charge in [0, 0.05) is 27.8 Å². The van der Waals surface area contributed by atoms with Gasteiger partial charge in [-0.2, -0.15) is 0 Å². The molecule has 3 unspecified atom stereocenters. The lowest BCUT2D eigenvalue weighted by molar-refractivity contribution is -0.145. The van der Waals surface area contributed by atoms with Crippen LogP contribution in [-0.2, 0) is 19.9 Å². The number of imide groups is 1. The molecule has 0 aliphatic carbocycles. The Bertz CT molecular complexity index is 811. The van der Waals surface area contributed by atoms with Crippen LogP contribution in [-0.4, -0.2) is 34.7 Å². The van der Waals surface area contributed by atoms with Crippen molar-refractivity contribution in [2.24, 2.45) is 11.8 Å². The lowest BCUT2D eigenvalue weighted by Gasteiger charge is -2.30. The van der Waals surface area contributed by atoms with E-state index in [1.54, 1.807) is 0 Å². The van der Waals surface area contributed by atoms with E-state index < -0.39 is 17.4 Å². The molecule has 1 spiro atoms. The summed E-state index contributed by atoms with van der Waals surface area (Å²) in [5.74, 6) is -1.90. The molecule has 2 N–H and O–H groups in total. The summed E-state index contributed by atoms with van der Waals surface area (Å²) in [6.45, 7) is 5.70. The van der Waals surface area contributed by atoms with E-state index in [2.05, 4.69) is 26.6 Å². The molecule has 7 heteroatoms. The first-order chi connectivity index (χ1) is 11.8. The third kappa shape index (κ3) is 1.96. The minimum Gasteiger partial charge on any atom is -0.324 e. The number of anilines is 1. The second-order valence-corrected chi connectivity index (χ2v) is 8.11. The van der Waals surface area contributed by atoms with E-state index in [0.717, 1.165) is 10.0 Å². The largest absolute Gasteiger partial charge is 0.324 e. The first-order valence-electron chi connectivity index (χ1n) is 8.59. The maximum Gasteiger partial charge on any atom is 0.250 e. The number of nitrogens with zero attached hydrogens (tertiary/aromatic N) is 1. The van der Waals surface area contributed by atoms with Crippen LogP contribution in [0.4, 0.5) is 5.69 Å². The first kappa shape index (κ1) is 16.7. The normalized spacial score (nSPS) is 34.5. The molecular formula is C18H20BrN3O3. The van der Waals surface area contributed by atoms with E-state index >= 15 is 0 Å². The summed E-state index contributed by atoms with van der Waals surface area (Å²) < 4.78 is 0.829. The maximum atomic E-state index is 13.2. The Kier molecular flexibility index (Phi) is 3.60. The van der Waals surface area contributed by atoms with Crippen molar-refractivity contribution in [3.63, 3.8) is 0 Å². The van der Waals surface area contributed by atoms with E-state index in [-0.39, 0.29) is 29.8 Å². The fraction of sp³-hybridized carbons (Fsp3) is 0.500. The quantitative estimate of drug-likeness (QED) is 0.737. The molecule has 0 aromatic heterocycles. The van der Waals surface area contributed by atoms with Gasteiger partial charge in [0.25, 0.3) is 0 Å². The molecule has 132 valence electrons. The topological polar surface area (TPSA) is 78.5 Å². The van der Waals surface area contributed by atoms with Crippen LogP contribution in [0.25, 0.3) is 0 Å². The molecule has 0 saturated carbocycles. The summed E-state index contributed by atoms with van der Waals surface area (Å²) in [6, 6.07) is 5.10. The Morgan fingerprint density at radius 2 is 2.00 bits per heavy atom. The van der Waals surface area contributed by atoms with Gasteiger partial charge in [-0.05, 0) is 38.5 Å². The van der Waals surface area contributed by atoms with E-state index in [4.69, 9.17) is 0 Å². The van der Waals surface area contributed by atoms with Gasteiger partial charge >= 0.3 is 0 Å². The van der Waals surface area contributed by atoms with Crippen molar-refractivity contribution in [3.8, 4) is 0 Å². The van der Waals surface area contributed by atoms with Crippen molar-refractivity contribution in [3.05, 3.63) is 28.2 Å². The average molecular weight is 406 g/mol. The zero-order valence-corrected chi connectivity index (χ0v) is 15.9. The van der Waals surface area contributed by atoms with Crippen LogP contribution in [0.1, 0.15) is 32.8 Å². The second-order valence-electron chi connectivity index (χ2n) is 7.19. The predicted octanol–water partition coefficient (Wildman–Crippen LogP) is 1.99. The van der Waals surface area contributed by atoms with Crippen molar-refractivity contribution < 1.29 is 14.4 Å². The smallest absolute Gasteiger partial charge is 0.250 e. The zero-order valence-electron chi connectivity index (χ0n) is 14.3. The standard InChI is InChI=1S/C18H20BrN3O3/c1-4-8(2)22-15(23)13-9(3)21-18(14(13)16(22)24)11-7-10(19)5-6-12(11)20-17(18)25/h5-9,13-14,21H,4H2,1-3H3,(H,20,25)/t8?,9?,13-,14+,18?/m1/s1. The Labute approximate surface area is 154 Å². The van der Waals surface area contributed by atoms with Gasteiger partial charge in [-0.15, -0.1) is 0 Å². The number of halogens is 1. The Hall–Kier alpha value is -1.73. The van der Waals surface area contributed by atoms with Crippen molar-refractivity contribution in [2.75, 3.05) is 5.32 Å². The lowest BCUT2D eigenvalue weighted by Crippen LogP contribution is -2.53. The molecule has 25 heavy (non-hydrogen) atoms. The zero-order chi connectivity index (χ0) is 18.1.